The summed E-state index contributed by atoms with van der Waals surface area (Å²) in [5.74, 6) is 10.6. The number of rotatable bonds is 4. The van der Waals surface area contributed by atoms with E-state index >= 15 is 0 Å². The fraction of sp³-hybridized carbons (Fsp3) is 0.500. The Labute approximate surface area is 93.9 Å². The molecule has 88 valence electrons. The van der Waals surface area contributed by atoms with Crippen molar-refractivity contribution in [1.82, 2.24) is 4.68 Å². The van der Waals surface area contributed by atoms with Crippen molar-refractivity contribution in [3.63, 3.8) is 0 Å². The molecule has 0 spiro atoms. The highest BCUT2D eigenvalue weighted by Crippen LogP contribution is 2.10. The van der Waals surface area contributed by atoms with E-state index in [9.17, 15) is 4.79 Å². The number of nitrogens with two attached hydrogens (primary N) is 2. The van der Waals surface area contributed by atoms with Gasteiger partial charge in [-0.05, 0) is 25.0 Å². The molecule has 1 rings (SSSR count). The number of nitrogen functional groups attached to an aromatic ring is 1. The van der Waals surface area contributed by atoms with Gasteiger partial charge in [-0.1, -0.05) is 18.6 Å². The lowest BCUT2D eigenvalue weighted by atomic mass is 10.0. The molecule has 1 heterocycles. The molecule has 0 bridgehead atoms. The van der Waals surface area contributed by atoms with E-state index in [4.69, 9.17) is 11.7 Å². The zero-order valence-corrected chi connectivity index (χ0v) is 9.60. The van der Waals surface area contributed by atoms with Gasteiger partial charge in [-0.25, -0.2) is 4.68 Å². The van der Waals surface area contributed by atoms with Crippen LogP contribution in [0.4, 0.5) is 0 Å². The Morgan fingerprint density at radius 3 is 2.75 bits per heavy atom. The van der Waals surface area contributed by atoms with Gasteiger partial charge in [-0.15, -0.1) is 0 Å². The van der Waals surface area contributed by atoms with E-state index < -0.39 is 0 Å². The van der Waals surface area contributed by atoms with Gasteiger partial charge in [0.05, 0.1) is 6.54 Å². The average molecular weight is 223 g/mol. The van der Waals surface area contributed by atoms with Crippen molar-refractivity contribution in [1.29, 1.82) is 0 Å². The van der Waals surface area contributed by atoms with Crippen molar-refractivity contribution in [2.24, 2.45) is 16.2 Å². The molecule has 6 heteroatoms. The minimum Gasteiger partial charge on any atom is -0.336 e. The lowest BCUT2D eigenvalue weighted by molar-refractivity contribution is 0.788. The van der Waals surface area contributed by atoms with E-state index in [0.29, 0.717) is 5.56 Å². The fourth-order valence-corrected chi connectivity index (χ4v) is 1.62. The Morgan fingerprint density at radius 1 is 1.50 bits per heavy atom. The van der Waals surface area contributed by atoms with Crippen LogP contribution in [0.3, 0.4) is 0 Å². The molecule has 0 fully saturated rings. The number of hydrogen-bond donors (Lipinski definition) is 2. The summed E-state index contributed by atoms with van der Waals surface area (Å²) in [6, 6.07) is 1.91. The van der Waals surface area contributed by atoms with Gasteiger partial charge < -0.3 is 11.7 Å². The van der Waals surface area contributed by atoms with Crippen molar-refractivity contribution in [2.45, 2.75) is 33.2 Å². The molecule has 0 aliphatic carbocycles. The predicted molar refractivity (Wildman–Crippen MR) is 62.3 cm³/mol. The minimum atomic E-state index is -0.226. The van der Waals surface area contributed by atoms with Gasteiger partial charge in [0.15, 0.2) is 0 Å². The predicted octanol–water partition coefficient (Wildman–Crippen LogP) is 0.649. The van der Waals surface area contributed by atoms with Crippen molar-refractivity contribution in [3.05, 3.63) is 33.2 Å². The first kappa shape index (κ1) is 12.2. The maximum absolute atomic E-state index is 11.9. The zero-order valence-electron chi connectivity index (χ0n) is 9.60. The Morgan fingerprint density at radius 2 is 2.19 bits per heavy atom. The normalized spacial score (nSPS) is 11.1. The smallest absolute Gasteiger partial charge is 0.274 e. The van der Waals surface area contributed by atoms with Crippen LogP contribution in [0.25, 0.3) is 0 Å². The first-order valence-corrected chi connectivity index (χ1v) is 5.18. The largest absolute Gasteiger partial charge is 0.336 e. The van der Waals surface area contributed by atoms with Crippen molar-refractivity contribution >= 4 is 0 Å². The van der Waals surface area contributed by atoms with Crippen LogP contribution in [0.15, 0.2) is 21.2 Å². The van der Waals surface area contributed by atoms with E-state index in [1.54, 1.807) is 6.92 Å². The number of pyridine rings is 1. The van der Waals surface area contributed by atoms with Gasteiger partial charge in [0.1, 0.15) is 0 Å². The lowest BCUT2D eigenvalue weighted by Gasteiger charge is -2.10. The molecule has 1 aromatic heterocycles. The van der Waals surface area contributed by atoms with Crippen LogP contribution in [0.1, 0.15) is 30.2 Å². The molecule has 0 aromatic carbocycles. The standard InChI is InChI=1S/C10H17N5O/c1-3-4-8-5-7(2)15(12)10(16)9(8)6-13-14-11/h5H,3-4,6,12H2,1-2H3,(H2,11,13). The van der Waals surface area contributed by atoms with Gasteiger partial charge in [0.2, 0.25) is 0 Å². The quantitative estimate of drug-likeness (QED) is 0.445. The highest BCUT2D eigenvalue weighted by molar-refractivity contribution is 5.27. The molecule has 4 N–H and O–H groups in total. The van der Waals surface area contributed by atoms with Crippen LogP contribution < -0.4 is 17.2 Å². The highest BCUT2D eigenvalue weighted by Gasteiger charge is 2.10. The molecule has 0 atom stereocenters. The van der Waals surface area contributed by atoms with Crippen LogP contribution in [0, 0.1) is 6.92 Å². The monoisotopic (exact) mass is 223 g/mol. The molecule has 0 radical (unpaired) electrons. The molecule has 0 unspecified atom stereocenters. The second-order valence-electron chi connectivity index (χ2n) is 3.63. The van der Waals surface area contributed by atoms with Crippen molar-refractivity contribution < 1.29 is 0 Å². The third kappa shape index (κ3) is 2.39. The van der Waals surface area contributed by atoms with Crippen LogP contribution in [0.2, 0.25) is 0 Å². The van der Waals surface area contributed by atoms with E-state index in [1.807, 2.05) is 6.07 Å². The number of nitrogens with zero attached hydrogens (tertiary/aromatic N) is 3. The molecule has 16 heavy (non-hydrogen) atoms. The molecule has 0 saturated heterocycles. The van der Waals surface area contributed by atoms with Gasteiger partial charge in [-0.2, -0.15) is 5.11 Å². The topological polar surface area (TPSA) is 98.8 Å². The van der Waals surface area contributed by atoms with Gasteiger partial charge in [-0.3, -0.25) is 4.79 Å². The lowest BCUT2D eigenvalue weighted by Crippen LogP contribution is -2.32. The minimum absolute atomic E-state index is 0.183. The summed E-state index contributed by atoms with van der Waals surface area (Å²) in [5.41, 5.74) is 2.06. The number of aryl methyl sites for hydroxylation is 2. The molecular weight excluding hydrogens is 206 g/mol. The Hall–Kier alpha value is -1.85. The van der Waals surface area contributed by atoms with Gasteiger partial charge >= 0.3 is 0 Å². The average Bonchev–Trinajstić information content (AvgIpc) is 2.26. The third-order valence-electron chi connectivity index (χ3n) is 2.46. The van der Waals surface area contributed by atoms with E-state index in [2.05, 4.69) is 17.3 Å². The third-order valence-corrected chi connectivity index (χ3v) is 2.46. The second kappa shape index (κ2) is 5.29. The molecular formula is C10H17N5O. The van der Waals surface area contributed by atoms with Crippen LogP contribution in [-0.4, -0.2) is 4.68 Å². The highest BCUT2D eigenvalue weighted by atomic mass is 16.1. The van der Waals surface area contributed by atoms with Crippen LogP contribution in [-0.2, 0) is 13.0 Å². The molecule has 0 aliphatic heterocycles. The summed E-state index contributed by atoms with van der Waals surface area (Å²) in [6.07, 6.45) is 1.78. The van der Waals surface area contributed by atoms with E-state index in [0.717, 1.165) is 28.8 Å². The molecule has 1 aromatic rings. The Bertz CT molecular complexity index is 449. The second-order valence-corrected chi connectivity index (χ2v) is 3.63. The van der Waals surface area contributed by atoms with Crippen LogP contribution >= 0.6 is 0 Å². The summed E-state index contributed by atoms with van der Waals surface area (Å²) in [6.45, 7) is 4.04. The first-order chi connectivity index (χ1) is 7.61. The Kier molecular flexibility index (Phi) is 4.04. The van der Waals surface area contributed by atoms with Gasteiger partial charge in [0.25, 0.3) is 5.56 Å². The summed E-state index contributed by atoms with van der Waals surface area (Å²) in [7, 11) is 0. The SMILES string of the molecule is CCCc1cc(C)n(N)c(=O)c1CN=NN. The Balaban J connectivity index is 3.29. The van der Waals surface area contributed by atoms with Gasteiger partial charge in [0, 0.05) is 11.3 Å². The zero-order chi connectivity index (χ0) is 12.1. The first-order valence-electron chi connectivity index (χ1n) is 5.18. The summed E-state index contributed by atoms with van der Waals surface area (Å²) in [4.78, 5) is 11.9. The molecule has 0 saturated carbocycles. The number of aromatic nitrogens is 1. The van der Waals surface area contributed by atoms with E-state index in [1.165, 1.54) is 0 Å². The van der Waals surface area contributed by atoms with E-state index in [-0.39, 0.29) is 12.1 Å². The summed E-state index contributed by atoms with van der Waals surface area (Å²) in [5, 5.41) is 6.81. The maximum Gasteiger partial charge on any atom is 0.274 e. The van der Waals surface area contributed by atoms with Crippen molar-refractivity contribution in [2.75, 3.05) is 5.84 Å². The molecule has 0 amide bonds. The summed E-state index contributed by atoms with van der Waals surface area (Å²) < 4.78 is 1.13. The maximum atomic E-state index is 11.9. The number of hydrogen-bond acceptors (Lipinski definition) is 4. The molecule has 0 aliphatic rings. The molecule has 6 nitrogen and oxygen atoms in total. The van der Waals surface area contributed by atoms with Crippen LogP contribution in [0.5, 0.6) is 0 Å². The van der Waals surface area contributed by atoms with Crippen molar-refractivity contribution in [3.8, 4) is 0 Å². The summed E-state index contributed by atoms with van der Waals surface area (Å²) >= 11 is 0. The fourth-order valence-electron chi connectivity index (χ4n) is 1.62.